The highest BCUT2D eigenvalue weighted by atomic mass is 32.1. The van der Waals surface area contributed by atoms with Gasteiger partial charge in [0.2, 0.25) is 5.13 Å². The molecule has 18 nitrogen and oxygen atoms in total. The first-order valence-electron chi connectivity index (χ1n) is 25.0. The van der Waals surface area contributed by atoms with E-state index in [0.29, 0.717) is 54.5 Å². The molecule has 0 aliphatic rings. The van der Waals surface area contributed by atoms with E-state index in [1.54, 1.807) is 68.4 Å². The summed E-state index contributed by atoms with van der Waals surface area (Å²) in [7, 11) is 0. The van der Waals surface area contributed by atoms with Gasteiger partial charge in [-0.15, -0.1) is 0 Å². The summed E-state index contributed by atoms with van der Waals surface area (Å²) in [6.07, 6.45) is 5.82. The molecule has 1 aromatic heterocycles. The molecule has 0 saturated heterocycles. The molecule has 19 heteroatoms. The SMILES string of the molecule is C=CC(=O)OCCCCOCC(COc1ccc(C(=O)Oc2ccc(CCOC(=O)c3ccc(OC(=O)c4ccc(OC(C)(C)CC(C)(C)OC(=O)C=C)cc4)cc3)cc2/C=N/Nc2nc3ccccc3s2)cc1)OC(=O)C=C. The van der Waals surface area contributed by atoms with E-state index < -0.39 is 53.1 Å². The second-order valence-corrected chi connectivity index (χ2v) is 19.6. The van der Waals surface area contributed by atoms with Gasteiger partial charge in [0, 0.05) is 43.2 Å². The Morgan fingerprint density at radius 3 is 1.94 bits per heavy atom. The van der Waals surface area contributed by atoms with Gasteiger partial charge in [0.25, 0.3) is 0 Å². The van der Waals surface area contributed by atoms with E-state index in [1.165, 1.54) is 53.9 Å². The first kappa shape index (κ1) is 59.3. The highest BCUT2D eigenvalue weighted by Crippen LogP contribution is 2.30. The molecule has 1 heterocycles. The fourth-order valence-electron chi connectivity index (χ4n) is 7.70. The molecule has 0 aliphatic heterocycles. The lowest BCUT2D eigenvalue weighted by atomic mass is 9.92. The van der Waals surface area contributed by atoms with Crippen molar-refractivity contribution in [3.8, 4) is 23.0 Å². The van der Waals surface area contributed by atoms with Crippen LogP contribution in [0, 0.1) is 0 Å². The lowest BCUT2D eigenvalue weighted by molar-refractivity contribution is -0.154. The number of carbonyl (C=O) groups is 6. The van der Waals surface area contributed by atoms with Crippen LogP contribution >= 0.6 is 11.3 Å². The van der Waals surface area contributed by atoms with E-state index in [0.717, 1.165) is 34.0 Å². The highest BCUT2D eigenvalue weighted by Gasteiger charge is 2.33. The number of aromatic nitrogens is 1. The summed E-state index contributed by atoms with van der Waals surface area (Å²) in [5.41, 5.74) is 4.13. The molecule has 6 aromatic rings. The van der Waals surface area contributed by atoms with E-state index in [1.807, 2.05) is 38.1 Å². The molecule has 1 unspecified atom stereocenters. The van der Waals surface area contributed by atoms with Crippen molar-refractivity contribution in [2.75, 3.05) is 38.5 Å². The molecule has 79 heavy (non-hydrogen) atoms. The topological polar surface area (TPSA) is 223 Å². The maximum absolute atomic E-state index is 13.5. The summed E-state index contributed by atoms with van der Waals surface area (Å²) >= 11 is 1.42. The number of esters is 6. The fraction of sp³-hybridized carbons (Fsp3) is 0.267. The third-order valence-electron chi connectivity index (χ3n) is 11.1. The number of unbranched alkanes of at least 4 members (excludes halogenated alkanes) is 1. The Morgan fingerprint density at radius 2 is 1.27 bits per heavy atom. The molecule has 0 radical (unpaired) electrons. The number of rotatable bonds is 30. The molecule has 0 bridgehead atoms. The number of anilines is 1. The van der Waals surface area contributed by atoms with Gasteiger partial charge in [-0.05, 0) is 143 Å². The number of hydrogen-bond acceptors (Lipinski definition) is 19. The molecule has 5 aromatic carbocycles. The van der Waals surface area contributed by atoms with Gasteiger partial charge < -0.3 is 42.6 Å². The van der Waals surface area contributed by atoms with Gasteiger partial charge in [-0.2, -0.15) is 5.10 Å². The summed E-state index contributed by atoms with van der Waals surface area (Å²) < 4.78 is 51.5. The number of hydrogen-bond donors (Lipinski definition) is 1. The number of fused-ring (bicyclic) bond motifs is 1. The Balaban J connectivity index is 1.02. The largest absolute Gasteiger partial charge is 0.490 e. The highest BCUT2D eigenvalue weighted by molar-refractivity contribution is 7.22. The second kappa shape index (κ2) is 29.0. The van der Waals surface area contributed by atoms with Crippen molar-refractivity contribution in [2.24, 2.45) is 5.10 Å². The number of carbonyl (C=O) groups excluding carboxylic acids is 6. The van der Waals surface area contributed by atoms with E-state index >= 15 is 0 Å². The van der Waals surface area contributed by atoms with Crippen molar-refractivity contribution in [1.82, 2.24) is 4.98 Å². The van der Waals surface area contributed by atoms with Crippen LogP contribution in [0.25, 0.3) is 10.2 Å². The van der Waals surface area contributed by atoms with Gasteiger partial charge in [0.15, 0.2) is 6.10 Å². The number of ether oxygens (including phenoxy) is 9. The van der Waals surface area contributed by atoms with Crippen molar-refractivity contribution in [3.63, 3.8) is 0 Å². The Kier molecular flexibility index (Phi) is 21.8. The van der Waals surface area contributed by atoms with Crippen LogP contribution < -0.4 is 24.4 Å². The first-order chi connectivity index (χ1) is 37.9. The lowest BCUT2D eigenvalue weighted by Crippen LogP contribution is -2.40. The van der Waals surface area contributed by atoms with Crippen LogP contribution in [0.15, 0.2) is 158 Å². The van der Waals surface area contributed by atoms with E-state index in [9.17, 15) is 28.8 Å². The summed E-state index contributed by atoms with van der Waals surface area (Å²) in [5, 5.41) is 4.94. The number of thiazole rings is 1. The van der Waals surface area contributed by atoms with Gasteiger partial charge >= 0.3 is 35.8 Å². The van der Waals surface area contributed by atoms with E-state index in [-0.39, 0.29) is 54.6 Å². The minimum Gasteiger partial charge on any atom is -0.490 e. The summed E-state index contributed by atoms with van der Waals surface area (Å²) in [6, 6.07) is 31.4. The van der Waals surface area contributed by atoms with Crippen molar-refractivity contribution < 1.29 is 71.4 Å². The van der Waals surface area contributed by atoms with Crippen LogP contribution in [0.4, 0.5) is 5.13 Å². The Labute approximate surface area is 461 Å². The average Bonchev–Trinajstić information content (AvgIpc) is 3.86. The van der Waals surface area contributed by atoms with E-state index in [4.69, 9.17) is 42.6 Å². The van der Waals surface area contributed by atoms with Crippen LogP contribution in [0.2, 0.25) is 0 Å². The third-order valence-corrected chi connectivity index (χ3v) is 12.1. The quantitative estimate of drug-likeness (QED) is 0.00842. The molecule has 0 fully saturated rings. The van der Waals surface area contributed by atoms with Crippen LogP contribution in [-0.4, -0.2) is 97.4 Å². The number of nitrogens with zero attached hydrogens (tertiary/aromatic N) is 2. The molecular weight excluding hydrogens is 1030 g/mol. The van der Waals surface area contributed by atoms with E-state index in [2.05, 4.69) is 35.2 Å². The number of benzene rings is 5. The minimum atomic E-state index is -0.814. The Hall–Kier alpha value is -8.94. The van der Waals surface area contributed by atoms with Gasteiger partial charge in [-0.1, -0.05) is 49.3 Å². The molecule has 1 N–H and O–H groups in total. The summed E-state index contributed by atoms with van der Waals surface area (Å²) in [6.45, 7) is 18.1. The molecule has 0 saturated carbocycles. The molecule has 6 rings (SSSR count). The number of para-hydroxylation sites is 1. The monoisotopic (exact) mass is 1100 g/mol. The van der Waals surface area contributed by atoms with Gasteiger partial charge in [0.05, 0.1) is 52.9 Å². The molecule has 0 aliphatic carbocycles. The van der Waals surface area contributed by atoms with Crippen molar-refractivity contribution in [1.29, 1.82) is 0 Å². The predicted molar refractivity (Wildman–Crippen MR) is 297 cm³/mol. The van der Waals surface area contributed by atoms with Crippen LogP contribution in [0.5, 0.6) is 23.0 Å². The number of hydrazone groups is 1. The molecular formula is C60H61N3O15S. The maximum Gasteiger partial charge on any atom is 0.343 e. The van der Waals surface area contributed by atoms with Crippen molar-refractivity contribution in [3.05, 3.63) is 181 Å². The minimum absolute atomic E-state index is 0.00212. The summed E-state index contributed by atoms with van der Waals surface area (Å²) in [4.78, 5) is 79.2. The van der Waals surface area contributed by atoms with Crippen LogP contribution in [-0.2, 0) is 44.5 Å². The van der Waals surface area contributed by atoms with Crippen LogP contribution in [0.1, 0.15) is 89.2 Å². The lowest BCUT2D eigenvalue weighted by Gasteiger charge is -2.34. The number of nitrogens with one attached hydrogen (secondary N) is 1. The van der Waals surface area contributed by atoms with Crippen molar-refractivity contribution >= 4 is 68.7 Å². The predicted octanol–water partition coefficient (Wildman–Crippen LogP) is 10.6. The smallest absolute Gasteiger partial charge is 0.343 e. The van der Waals surface area contributed by atoms with Gasteiger partial charge in [-0.25, -0.2) is 33.8 Å². The van der Waals surface area contributed by atoms with Gasteiger partial charge in [0.1, 0.15) is 40.8 Å². The van der Waals surface area contributed by atoms with Crippen molar-refractivity contribution in [2.45, 2.75) is 70.7 Å². The third kappa shape index (κ3) is 19.5. The molecule has 1 atom stereocenters. The molecule has 0 spiro atoms. The molecule has 0 amide bonds. The normalized spacial score (nSPS) is 11.6. The zero-order valence-electron chi connectivity index (χ0n) is 44.3. The zero-order chi connectivity index (χ0) is 56.8. The Morgan fingerprint density at radius 1 is 0.646 bits per heavy atom. The first-order valence-corrected chi connectivity index (χ1v) is 25.8. The maximum atomic E-state index is 13.5. The zero-order valence-corrected chi connectivity index (χ0v) is 45.1. The fourth-order valence-corrected chi connectivity index (χ4v) is 8.52. The van der Waals surface area contributed by atoms with Gasteiger partial charge in [-0.3, -0.25) is 5.43 Å². The summed E-state index contributed by atoms with van der Waals surface area (Å²) in [5.74, 6) is -2.25. The Bertz CT molecular complexity index is 3100. The average molecular weight is 1100 g/mol. The molecule has 412 valence electrons. The van der Waals surface area contributed by atoms with Crippen LogP contribution in [0.3, 0.4) is 0 Å². The standard InChI is InChI=1S/C60H61N3O15S/c1-8-52(64)71-33-14-13-32-70-37-48(74-53(65)9-2)38-73-45-24-18-43(19-25-45)57(69)76-50-30-17-40(35-44(50)36-61-63-58-62-49-15-11-12-16-51(49)79-58)31-34-72-55(67)41-20-26-46(27-21-41)75-56(68)42-22-28-47(29-23-42)77-59(4,5)39-60(6,7)78-54(66)10-3/h8-12,15-30,35-36,48H,1-3,13-14,31-34,37-39H2,4-7H3,(H,62,63)/b61-36+. The second-order valence-electron chi connectivity index (χ2n) is 18.6.